The Bertz CT molecular complexity index is 797. The highest BCUT2D eigenvalue weighted by atomic mass is 19.4. The average Bonchev–Trinajstić information content (AvgIpc) is 2.60. The standard InChI is InChI=1S/C18H19F3N4O/c1-12-11-16(25-9-7-24(8-10-25)13(2)26)23-17(22-12)14-3-5-15(6-4-14)18(19,20)21/h3-6,11H,7-10H2,1-2H3. The minimum atomic E-state index is -4.37. The number of carbonyl (C=O) groups is 1. The van der Waals surface area contributed by atoms with Gasteiger partial charge in [-0.3, -0.25) is 4.79 Å². The van der Waals surface area contributed by atoms with E-state index in [0.717, 1.165) is 23.6 Å². The predicted molar refractivity (Wildman–Crippen MR) is 91.7 cm³/mol. The molecule has 0 aliphatic carbocycles. The van der Waals surface area contributed by atoms with Crippen molar-refractivity contribution < 1.29 is 18.0 Å². The zero-order valence-corrected chi connectivity index (χ0v) is 14.5. The minimum absolute atomic E-state index is 0.0500. The third-order valence-corrected chi connectivity index (χ3v) is 4.36. The molecule has 8 heteroatoms. The number of aryl methyl sites for hydroxylation is 1. The summed E-state index contributed by atoms with van der Waals surface area (Å²) in [5, 5.41) is 0. The van der Waals surface area contributed by atoms with Crippen LogP contribution < -0.4 is 4.90 Å². The number of carbonyl (C=O) groups excluding carboxylic acids is 1. The number of rotatable bonds is 2. The number of hydrogen-bond donors (Lipinski definition) is 0. The molecule has 1 fully saturated rings. The van der Waals surface area contributed by atoms with Crippen LogP contribution in [0.2, 0.25) is 0 Å². The van der Waals surface area contributed by atoms with E-state index in [0.29, 0.717) is 37.6 Å². The molecule has 0 bridgehead atoms. The molecule has 0 saturated carbocycles. The van der Waals surface area contributed by atoms with Gasteiger partial charge in [-0.1, -0.05) is 12.1 Å². The first-order valence-electron chi connectivity index (χ1n) is 8.28. The maximum Gasteiger partial charge on any atom is 0.416 e. The van der Waals surface area contributed by atoms with Crippen molar-refractivity contribution in [1.29, 1.82) is 0 Å². The molecule has 3 rings (SSSR count). The van der Waals surface area contributed by atoms with Crippen molar-refractivity contribution in [3.8, 4) is 11.4 Å². The Morgan fingerprint density at radius 2 is 1.65 bits per heavy atom. The van der Waals surface area contributed by atoms with E-state index >= 15 is 0 Å². The van der Waals surface area contributed by atoms with Crippen LogP contribution >= 0.6 is 0 Å². The van der Waals surface area contributed by atoms with E-state index in [1.54, 1.807) is 11.8 Å². The molecule has 1 aliphatic rings. The Labute approximate surface area is 149 Å². The fraction of sp³-hybridized carbons (Fsp3) is 0.389. The van der Waals surface area contributed by atoms with Crippen molar-refractivity contribution in [2.45, 2.75) is 20.0 Å². The van der Waals surface area contributed by atoms with E-state index in [1.807, 2.05) is 13.0 Å². The number of halogens is 3. The SMILES string of the molecule is CC(=O)N1CCN(c2cc(C)nc(-c3ccc(C(F)(F)F)cc3)n2)CC1. The molecular weight excluding hydrogens is 345 g/mol. The fourth-order valence-corrected chi connectivity index (χ4v) is 2.90. The second-order valence-electron chi connectivity index (χ2n) is 6.26. The van der Waals surface area contributed by atoms with Crippen LogP contribution in [0.4, 0.5) is 19.0 Å². The monoisotopic (exact) mass is 364 g/mol. The topological polar surface area (TPSA) is 49.3 Å². The lowest BCUT2D eigenvalue weighted by molar-refractivity contribution is -0.137. The number of benzene rings is 1. The zero-order chi connectivity index (χ0) is 18.9. The van der Waals surface area contributed by atoms with Gasteiger partial charge in [0.05, 0.1) is 5.56 Å². The van der Waals surface area contributed by atoms with Crippen LogP contribution in [0.3, 0.4) is 0 Å². The van der Waals surface area contributed by atoms with Crippen LogP contribution in [0.5, 0.6) is 0 Å². The molecule has 2 heterocycles. The lowest BCUT2D eigenvalue weighted by Crippen LogP contribution is -2.48. The molecule has 0 unspecified atom stereocenters. The molecule has 0 N–H and O–H groups in total. The molecule has 1 aromatic carbocycles. The summed E-state index contributed by atoms with van der Waals surface area (Å²) in [5.41, 5.74) is 0.568. The summed E-state index contributed by atoms with van der Waals surface area (Å²) >= 11 is 0. The van der Waals surface area contributed by atoms with Gasteiger partial charge in [0.15, 0.2) is 5.82 Å². The van der Waals surface area contributed by atoms with Crippen LogP contribution in [-0.4, -0.2) is 47.0 Å². The molecule has 2 aromatic rings. The van der Waals surface area contributed by atoms with Crippen molar-refractivity contribution in [1.82, 2.24) is 14.9 Å². The molecule has 1 saturated heterocycles. The number of alkyl halides is 3. The normalized spacial score (nSPS) is 15.3. The van der Waals surface area contributed by atoms with Gasteiger partial charge < -0.3 is 9.80 Å². The number of amides is 1. The summed E-state index contributed by atoms with van der Waals surface area (Å²) in [7, 11) is 0. The summed E-state index contributed by atoms with van der Waals surface area (Å²) in [6.45, 7) is 5.92. The average molecular weight is 364 g/mol. The molecule has 0 radical (unpaired) electrons. The Kier molecular flexibility index (Phi) is 4.84. The molecule has 1 amide bonds. The molecule has 0 spiro atoms. The van der Waals surface area contributed by atoms with Gasteiger partial charge in [-0.25, -0.2) is 9.97 Å². The molecule has 1 aromatic heterocycles. The molecule has 1 aliphatic heterocycles. The van der Waals surface area contributed by atoms with Gasteiger partial charge in [0.2, 0.25) is 5.91 Å². The van der Waals surface area contributed by atoms with Gasteiger partial charge in [0, 0.05) is 50.4 Å². The van der Waals surface area contributed by atoms with Crippen LogP contribution in [0.15, 0.2) is 30.3 Å². The highest BCUT2D eigenvalue weighted by molar-refractivity contribution is 5.73. The highest BCUT2D eigenvalue weighted by Crippen LogP contribution is 2.30. The largest absolute Gasteiger partial charge is 0.416 e. The van der Waals surface area contributed by atoms with Crippen LogP contribution in [0.1, 0.15) is 18.2 Å². The summed E-state index contributed by atoms with van der Waals surface area (Å²) in [6.07, 6.45) is -4.37. The maximum absolute atomic E-state index is 12.7. The van der Waals surface area contributed by atoms with Gasteiger partial charge in [-0.2, -0.15) is 13.2 Å². The minimum Gasteiger partial charge on any atom is -0.353 e. The summed E-state index contributed by atoms with van der Waals surface area (Å²) in [4.78, 5) is 24.1. The number of nitrogens with zero attached hydrogens (tertiary/aromatic N) is 4. The highest BCUT2D eigenvalue weighted by Gasteiger charge is 2.30. The molecular formula is C18H19F3N4O. The van der Waals surface area contributed by atoms with Crippen molar-refractivity contribution in [2.75, 3.05) is 31.1 Å². The van der Waals surface area contributed by atoms with Crippen molar-refractivity contribution in [3.05, 3.63) is 41.6 Å². The van der Waals surface area contributed by atoms with Crippen LogP contribution in [0.25, 0.3) is 11.4 Å². The fourth-order valence-electron chi connectivity index (χ4n) is 2.90. The van der Waals surface area contributed by atoms with E-state index in [-0.39, 0.29) is 5.91 Å². The van der Waals surface area contributed by atoms with Gasteiger partial charge in [-0.15, -0.1) is 0 Å². The molecule has 5 nitrogen and oxygen atoms in total. The van der Waals surface area contributed by atoms with Gasteiger partial charge >= 0.3 is 6.18 Å². The molecule has 138 valence electrons. The summed E-state index contributed by atoms with van der Waals surface area (Å²) < 4.78 is 38.1. The molecule has 0 atom stereocenters. The Morgan fingerprint density at radius 3 is 2.19 bits per heavy atom. The van der Waals surface area contributed by atoms with E-state index in [4.69, 9.17) is 0 Å². The maximum atomic E-state index is 12.7. The smallest absolute Gasteiger partial charge is 0.353 e. The van der Waals surface area contributed by atoms with Crippen molar-refractivity contribution in [2.24, 2.45) is 0 Å². The zero-order valence-electron chi connectivity index (χ0n) is 14.5. The van der Waals surface area contributed by atoms with Gasteiger partial charge in [0.25, 0.3) is 0 Å². The van der Waals surface area contributed by atoms with Gasteiger partial charge in [0.1, 0.15) is 5.82 Å². The van der Waals surface area contributed by atoms with Crippen molar-refractivity contribution >= 4 is 11.7 Å². The third kappa shape index (κ3) is 3.95. The Morgan fingerprint density at radius 1 is 1.04 bits per heavy atom. The quantitative estimate of drug-likeness (QED) is 0.822. The van der Waals surface area contributed by atoms with Crippen LogP contribution in [0, 0.1) is 6.92 Å². The van der Waals surface area contributed by atoms with Crippen LogP contribution in [-0.2, 0) is 11.0 Å². The van der Waals surface area contributed by atoms with E-state index < -0.39 is 11.7 Å². The van der Waals surface area contributed by atoms with E-state index in [1.165, 1.54) is 12.1 Å². The Hall–Kier alpha value is -2.64. The molecule has 26 heavy (non-hydrogen) atoms. The first kappa shape index (κ1) is 18.2. The number of hydrogen-bond acceptors (Lipinski definition) is 4. The first-order valence-corrected chi connectivity index (χ1v) is 8.28. The summed E-state index contributed by atoms with van der Waals surface area (Å²) in [6, 6.07) is 6.68. The second-order valence-corrected chi connectivity index (χ2v) is 6.26. The predicted octanol–water partition coefficient (Wildman–Crippen LogP) is 3.14. The number of piperazine rings is 1. The lowest BCUT2D eigenvalue weighted by Gasteiger charge is -2.35. The number of anilines is 1. The second kappa shape index (κ2) is 6.93. The van der Waals surface area contributed by atoms with Crippen molar-refractivity contribution in [3.63, 3.8) is 0 Å². The lowest BCUT2D eigenvalue weighted by atomic mass is 10.1. The summed E-state index contributed by atoms with van der Waals surface area (Å²) in [5.74, 6) is 1.16. The number of aromatic nitrogens is 2. The van der Waals surface area contributed by atoms with E-state index in [2.05, 4.69) is 14.9 Å². The first-order chi connectivity index (χ1) is 12.2. The third-order valence-electron chi connectivity index (χ3n) is 4.36. The Balaban J connectivity index is 1.83. The van der Waals surface area contributed by atoms with E-state index in [9.17, 15) is 18.0 Å². The van der Waals surface area contributed by atoms with Gasteiger partial charge in [-0.05, 0) is 19.1 Å².